The highest BCUT2D eigenvalue weighted by atomic mass is 16.5. The smallest absolute Gasteiger partial charge is 0.337 e. The van der Waals surface area contributed by atoms with E-state index in [1.165, 1.54) is 12.0 Å². The molecule has 0 spiro atoms. The summed E-state index contributed by atoms with van der Waals surface area (Å²) < 4.78 is 4.68. The number of hydrogen-bond acceptors (Lipinski definition) is 5. The largest absolute Gasteiger partial charge is 0.465 e. The Morgan fingerprint density at radius 1 is 1.15 bits per heavy atom. The Morgan fingerprint density at radius 3 is 2.37 bits per heavy atom. The van der Waals surface area contributed by atoms with E-state index in [1.807, 2.05) is 19.1 Å². The van der Waals surface area contributed by atoms with Gasteiger partial charge >= 0.3 is 5.97 Å². The van der Waals surface area contributed by atoms with Crippen molar-refractivity contribution in [3.63, 3.8) is 0 Å². The number of methoxy groups -OCH3 is 1. The van der Waals surface area contributed by atoms with Gasteiger partial charge in [-0.05, 0) is 37.5 Å². The van der Waals surface area contributed by atoms with E-state index in [9.17, 15) is 19.2 Å². The zero-order chi connectivity index (χ0) is 19.6. The molecular formula is C20H22N2O5. The highest BCUT2D eigenvalue weighted by molar-refractivity contribution is 6.06. The number of aryl methyl sites for hydroxylation is 1. The topological polar surface area (TPSA) is 92.8 Å². The van der Waals surface area contributed by atoms with E-state index in [-0.39, 0.29) is 42.5 Å². The molecule has 1 saturated heterocycles. The van der Waals surface area contributed by atoms with Crippen LogP contribution in [-0.2, 0) is 19.1 Å². The van der Waals surface area contributed by atoms with Crippen LogP contribution < -0.4 is 5.32 Å². The summed E-state index contributed by atoms with van der Waals surface area (Å²) in [7, 11) is 1.29. The predicted octanol–water partition coefficient (Wildman–Crippen LogP) is 2.06. The molecule has 0 aromatic heterocycles. The fraction of sp³-hybridized carbons (Fsp3) is 0.400. The summed E-state index contributed by atoms with van der Waals surface area (Å²) in [5.41, 5.74) is 1.63. The van der Waals surface area contributed by atoms with E-state index in [0.717, 1.165) is 5.56 Å². The fourth-order valence-electron chi connectivity index (χ4n) is 3.52. The molecule has 0 radical (unpaired) electrons. The van der Waals surface area contributed by atoms with Gasteiger partial charge in [-0.1, -0.05) is 18.2 Å². The van der Waals surface area contributed by atoms with Gasteiger partial charge in [0.05, 0.1) is 24.5 Å². The van der Waals surface area contributed by atoms with Crippen LogP contribution in [-0.4, -0.2) is 42.2 Å². The number of hydrogen-bond donors (Lipinski definition) is 1. The molecule has 1 heterocycles. The molecule has 1 aliphatic heterocycles. The van der Waals surface area contributed by atoms with Gasteiger partial charge in [0.1, 0.15) is 0 Å². The van der Waals surface area contributed by atoms with Crippen molar-refractivity contribution in [1.29, 1.82) is 0 Å². The molecule has 142 valence electrons. The number of ether oxygens (including phenoxy) is 1. The van der Waals surface area contributed by atoms with Gasteiger partial charge in [0, 0.05) is 18.7 Å². The molecule has 0 saturated carbocycles. The Morgan fingerprint density at radius 2 is 1.78 bits per heavy atom. The fourth-order valence-corrected chi connectivity index (χ4v) is 3.52. The van der Waals surface area contributed by atoms with Crippen LogP contribution in [0, 0.1) is 18.8 Å². The number of nitrogens with one attached hydrogen (secondary N) is 1. The van der Waals surface area contributed by atoms with Gasteiger partial charge < -0.3 is 10.1 Å². The monoisotopic (exact) mass is 370 g/mol. The number of benzene rings is 1. The molecule has 2 atom stereocenters. The molecule has 0 bridgehead atoms. The summed E-state index contributed by atoms with van der Waals surface area (Å²) in [4.78, 5) is 50.0. The van der Waals surface area contributed by atoms with Crippen LogP contribution in [0.5, 0.6) is 0 Å². The molecule has 1 N–H and O–H groups in total. The van der Waals surface area contributed by atoms with Gasteiger partial charge in [0.25, 0.3) is 0 Å². The third-order valence-corrected chi connectivity index (χ3v) is 5.09. The average Bonchev–Trinajstić information content (AvgIpc) is 2.92. The summed E-state index contributed by atoms with van der Waals surface area (Å²) in [6.45, 7) is 1.87. The molecule has 2 aliphatic rings. The molecule has 3 amide bonds. The summed E-state index contributed by atoms with van der Waals surface area (Å²) in [5, 5.41) is 2.74. The van der Waals surface area contributed by atoms with Gasteiger partial charge in [-0.15, -0.1) is 0 Å². The lowest BCUT2D eigenvalue weighted by Gasteiger charge is -2.15. The van der Waals surface area contributed by atoms with Crippen molar-refractivity contribution in [1.82, 2.24) is 4.90 Å². The van der Waals surface area contributed by atoms with E-state index < -0.39 is 5.97 Å². The molecule has 1 aromatic rings. The maximum Gasteiger partial charge on any atom is 0.337 e. The van der Waals surface area contributed by atoms with Crippen LogP contribution >= 0.6 is 0 Å². The molecule has 27 heavy (non-hydrogen) atoms. The van der Waals surface area contributed by atoms with Crippen molar-refractivity contribution in [3.05, 3.63) is 41.5 Å². The standard InChI is InChI=1S/C20H22N2O5/c1-12-7-8-13(20(26)27-2)11-16(12)21-17(23)9-10-22-18(24)14-5-3-4-6-15(14)19(22)25/h3-4,7-8,11,14-15H,5-6,9-10H2,1-2H3,(H,21,23)/t14-,15+. The zero-order valence-electron chi connectivity index (χ0n) is 15.4. The Balaban J connectivity index is 1.61. The summed E-state index contributed by atoms with van der Waals surface area (Å²) in [5.74, 6) is -1.77. The highest BCUT2D eigenvalue weighted by Gasteiger charge is 2.46. The first-order valence-corrected chi connectivity index (χ1v) is 8.91. The normalized spacial score (nSPS) is 21.2. The van der Waals surface area contributed by atoms with Gasteiger partial charge in [0.2, 0.25) is 17.7 Å². The lowest BCUT2D eigenvalue weighted by molar-refractivity contribution is -0.140. The summed E-state index contributed by atoms with van der Waals surface area (Å²) in [6, 6.07) is 4.88. The van der Waals surface area contributed by atoms with Crippen molar-refractivity contribution < 1.29 is 23.9 Å². The number of allylic oxidation sites excluding steroid dienone is 2. The first-order valence-electron chi connectivity index (χ1n) is 8.91. The molecule has 1 fully saturated rings. The van der Waals surface area contributed by atoms with Gasteiger partial charge in [-0.25, -0.2) is 4.79 Å². The number of carbonyl (C=O) groups excluding carboxylic acids is 4. The van der Waals surface area contributed by atoms with Crippen LogP contribution in [0.15, 0.2) is 30.4 Å². The number of anilines is 1. The third kappa shape index (κ3) is 3.77. The average molecular weight is 370 g/mol. The SMILES string of the molecule is COC(=O)c1ccc(C)c(NC(=O)CCN2C(=O)[C@H]3CC=CC[C@H]3C2=O)c1. The van der Waals surface area contributed by atoms with E-state index in [2.05, 4.69) is 10.1 Å². The van der Waals surface area contributed by atoms with Crippen molar-refractivity contribution >= 4 is 29.4 Å². The molecule has 3 rings (SSSR count). The second-order valence-corrected chi connectivity index (χ2v) is 6.80. The number of esters is 1. The first kappa shape index (κ1) is 18.8. The summed E-state index contributed by atoms with van der Waals surface area (Å²) in [6.07, 6.45) is 5.03. The third-order valence-electron chi connectivity index (χ3n) is 5.09. The number of likely N-dealkylation sites (tertiary alicyclic amines) is 1. The van der Waals surface area contributed by atoms with Gasteiger partial charge in [-0.2, -0.15) is 0 Å². The maximum absolute atomic E-state index is 12.4. The highest BCUT2D eigenvalue weighted by Crippen LogP contribution is 2.35. The Bertz CT molecular complexity index is 804. The van der Waals surface area contributed by atoms with Crippen LogP contribution in [0.25, 0.3) is 0 Å². The molecule has 7 nitrogen and oxygen atoms in total. The second kappa shape index (κ2) is 7.73. The predicted molar refractivity (Wildman–Crippen MR) is 97.8 cm³/mol. The van der Waals surface area contributed by atoms with E-state index >= 15 is 0 Å². The quantitative estimate of drug-likeness (QED) is 0.487. The van der Waals surface area contributed by atoms with Crippen LogP contribution in [0.2, 0.25) is 0 Å². The number of imide groups is 1. The second-order valence-electron chi connectivity index (χ2n) is 6.80. The van der Waals surface area contributed by atoms with Crippen molar-refractivity contribution in [3.8, 4) is 0 Å². The van der Waals surface area contributed by atoms with Gasteiger partial charge in [-0.3, -0.25) is 19.3 Å². The Labute approximate surface area is 157 Å². The minimum Gasteiger partial charge on any atom is -0.465 e. The number of fused-ring (bicyclic) bond motifs is 1. The number of carbonyl (C=O) groups is 4. The number of amides is 3. The van der Waals surface area contributed by atoms with Crippen LogP contribution in [0.3, 0.4) is 0 Å². The lowest BCUT2D eigenvalue weighted by atomic mass is 9.85. The van der Waals surface area contributed by atoms with E-state index in [1.54, 1.807) is 18.2 Å². The molecule has 7 heteroatoms. The number of rotatable bonds is 5. The van der Waals surface area contributed by atoms with E-state index in [4.69, 9.17) is 0 Å². The molecule has 1 aliphatic carbocycles. The lowest BCUT2D eigenvalue weighted by Crippen LogP contribution is -2.34. The molecular weight excluding hydrogens is 348 g/mol. The van der Waals surface area contributed by atoms with E-state index in [0.29, 0.717) is 24.1 Å². The minimum absolute atomic E-state index is 0.00619. The van der Waals surface area contributed by atoms with Crippen molar-refractivity contribution in [2.75, 3.05) is 19.0 Å². The minimum atomic E-state index is -0.491. The number of nitrogens with zero attached hydrogens (tertiary/aromatic N) is 1. The van der Waals surface area contributed by atoms with Crippen molar-refractivity contribution in [2.24, 2.45) is 11.8 Å². The van der Waals surface area contributed by atoms with Gasteiger partial charge in [0.15, 0.2) is 0 Å². The van der Waals surface area contributed by atoms with Crippen molar-refractivity contribution in [2.45, 2.75) is 26.2 Å². The molecule has 1 aromatic carbocycles. The van der Waals surface area contributed by atoms with Crippen LogP contribution in [0.1, 0.15) is 35.2 Å². The Hall–Kier alpha value is -2.96. The summed E-state index contributed by atoms with van der Waals surface area (Å²) >= 11 is 0. The van der Waals surface area contributed by atoms with Crippen LogP contribution in [0.4, 0.5) is 5.69 Å². The zero-order valence-corrected chi connectivity index (χ0v) is 15.4. The first-order chi connectivity index (χ1) is 12.9. The Kier molecular flexibility index (Phi) is 5.39. The molecule has 0 unspecified atom stereocenters. The maximum atomic E-state index is 12.4.